The molecule has 0 heterocycles. The fourth-order valence-corrected chi connectivity index (χ4v) is 3.72. The van der Waals surface area contributed by atoms with Crippen LogP contribution in [0.5, 0.6) is 11.5 Å². The van der Waals surface area contributed by atoms with Gasteiger partial charge in [0.2, 0.25) is 0 Å². The lowest BCUT2D eigenvalue weighted by atomic mass is 9.85. The summed E-state index contributed by atoms with van der Waals surface area (Å²) in [6.45, 7) is 1.56. The molecule has 0 saturated heterocycles. The van der Waals surface area contributed by atoms with Crippen molar-refractivity contribution < 1.29 is 44.3 Å². The zero-order valence-electron chi connectivity index (χ0n) is 17.5. The molecular formula is C22H24N2O9. The van der Waals surface area contributed by atoms with Gasteiger partial charge in [-0.3, -0.25) is 4.79 Å². The minimum Gasteiger partial charge on any atom is -0.508 e. The summed E-state index contributed by atoms with van der Waals surface area (Å²) < 4.78 is 10.2. The molecule has 0 aliphatic heterocycles. The van der Waals surface area contributed by atoms with Crippen LogP contribution in [0.4, 0.5) is 4.79 Å². The number of amides is 2. The van der Waals surface area contributed by atoms with Gasteiger partial charge in [-0.1, -0.05) is 18.2 Å². The fourth-order valence-electron chi connectivity index (χ4n) is 3.72. The van der Waals surface area contributed by atoms with Crippen molar-refractivity contribution in [1.82, 2.24) is 5.32 Å². The standard InChI is InChI=1S/C22H24N2O9/c1-10-4-2-7-14(26)16(10)21(30)33-19-17(27)13(9-15(18(19)28)32-22(23)31)24-20(29)11-5-3-6-12(25)8-11/h2-8,13,15,17-19,25-28H,9H2,1H3,(H2,23,31)(H,24,29)/t13-,15+,17+,18-,19-/m0/s1. The minimum atomic E-state index is -1.67. The molecule has 0 aromatic heterocycles. The van der Waals surface area contributed by atoms with Crippen LogP contribution in [0.3, 0.4) is 0 Å². The van der Waals surface area contributed by atoms with Gasteiger partial charge in [0.25, 0.3) is 5.91 Å². The minimum absolute atomic E-state index is 0.0825. The molecule has 1 aliphatic carbocycles. The smallest absolute Gasteiger partial charge is 0.404 e. The number of hydrogen-bond acceptors (Lipinski definition) is 9. The molecule has 0 bridgehead atoms. The number of aromatic hydroxyl groups is 2. The molecule has 2 aromatic rings. The zero-order valence-corrected chi connectivity index (χ0v) is 17.5. The van der Waals surface area contributed by atoms with E-state index in [1.807, 2.05) is 0 Å². The molecule has 1 saturated carbocycles. The highest BCUT2D eigenvalue weighted by Gasteiger charge is 2.48. The van der Waals surface area contributed by atoms with Gasteiger partial charge in [-0.05, 0) is 36.8 Å². The SMILES string of the molecule is Cc1cccc(O)c1C(=O)O[C@@H]1[C@@H](O)[C@H](OC(N)=O)C[C@H](NC(=O)c2cccc(O)c2)[C@H]1O. The number of rotatable bonds is 5. The maximum absolute atomic E-state index is 12.7. The van der Waals surface area contributed by atoms with Crippen molar-refractivity contribution in [2.75, 3.05) is 0 Å². The van der Waals surface area contributed by atoms with E-state index in [1.54, 1.807) is 13.0 Å². The summed E-state index contributed by atoms with van der Waals surface area (Å²) in [5.41, 5.74) is 5.36. The average Bonchev–Trinajstić information content (AvgIpc) is 2.74. The molecule has 5 atom stereocenters. The third-order valence-corrected chi connectivity index (χ3v) is 5.34. The van der Waals surface area contributed by atoms with E-state index < -0.39 is 48.4 Å². The van der Waals surface area contributed by atoms with Crippen LogP contribution in [0.2, 0.25) is 0 Å². The van der Waals surface area contributed by atoms with E-state index in [0.29, 0.717) is 5.56 Å². The normalized spacial score (nSPS) is 24.5. The van der Waals surface area contributed by atoms with Crippen LogP contribution in [0.1, 0.15) is 32.7 Å². The van der Waals surface area contributed by atoms with Crippen LogP contribution in [-0.4, -0.2) is 68.9 Å². The highest BCUT2D eigenvalue weighted by Crippen LogP contribution is 2.29. The highest BCUT2D eigenvalue weighted by atomic mass is 16.6. The molecule has 2 amide bonds. The van der Waals surface area contributed by atoms with Gasteiger partial charge in [0.15, 0.2) is 6.10 Å². The molecule has 176 valence electrons. The van der Waals surface area contributed by atoms with Gasteiger partial charge >= 0.3 is 12.1 Å². The molecule has 0 unspecified atom stereocenters. The summed E-state index contributed by atoms with van der Waals surface area (Å²) in [6, 6.07) is 8.67. The largest absolute Gasteiger partial charge is 0.508 e. The van der Waals surface area contributed by atoms with Crippen LogP contribution in [0, 0.1) is 6.92 Å². The molecule has 7 N–H and O–H groups in total. The number of carbonyl (C=O) groups excluding carboxylic acids is 3. The summed E-state index contributed by atoms with van der Waals surface area (Å²) in [7, 11) is 0. The first-order chi connectivity index (χ1) is 15.6. The lowest BCUT2D eigenvalue weighted by Gasteiger charge is -2.41. The van der Waals surface area contributed by atoms with E-state index in [0.717, 1.165) is 0 Å². The van der Waals surface area contributed by atoms with E-state index in [4.69, 9.17) is 15.2 Å². The van der Waals surface area contributed by atoms with Gasteiger partial charge < -0.3 is 41.0 Å². The number of aliphatic hydroxyl groups is 2. The number of primary amides is 1. The Morgan fingerprint density at radius 3 is 2.36 bits per heavy atom. The predicted octanol–water partition coefficient (Wildman–Crippen LogP) is 0.320. The van der Waals surface area contributed by atoms with Crippen molar-refractivity contribution in [3.05, 3.63) is 59.2 Å². The Morgan fingerprint density at radius 1 is 1.03 bits per heavy atom. The number of nitrogens with one attached hydrogen (secondary N) is 1. The van der Waals surface area contributed by atoms with Crippen molar-refractivity contribution in [3.63, 3.8) is 0 Å². The lowest BCUT2D eigenvalue weighted by Crippen LogP contribution is -2.63. The fraction of sp³-hybridized carbons (Fsp3) is 0.318. The zero-order chi connectivity index (χ0) is 24.3. The number of benzene rings is 2. The van der Waals surface area contributed by atoms with Gasteiger partial charge in [0.1, 0.15) is 35.4 Å². The summed E-state index contributed by atoms with van der Waals surface area (Å²) in [6.07, 6.45) is -7.68. The Morgan fingerprint density at radius 2 is 1.73 bits per heavy atom. The Labute approximate surface area is 188 Å². The second-order valence-corrected chi connectivity index (χ2v) is 7.66. The molecule has 0 spiro atoms. The maximum atomic E-state index is 12.7. The Bertz CT molecular complexity index is 1040. The number of esters is 1. The first-order valence-corrected chi connectivity index (χ1v) is 10.00. The van der Waals surface area contributed by atoms with E-state index in [2.05, 4.69) is 5.32 Å². The van der Waals surface area contributed by atoms with Crippen LogP contribution < -0.4 is 11.1 Å². The van der Waals surface area contributed by atoms with Crippen LogP contribution in [-0.2, 0) is 9.47 Å². The van der Waals surface area contributed by atoms with Gasteiger partial charge in [-0.25, -0.2) is 9.59 Å². The van der Waals surface area contributed by atoms with E-state index in [9.17, 15) is 34.8 Å². The van der Waals surface area contributed by atoms with E-state index in [-0.39, 0.29) is 29.0 Å². The molecule has 11 heteroatoms. The maximum Gasteiger partial charge on any atom is 0.404 e. The van der Waals surface area contributed by atoms with Crippen molar-refractivity contribution in [2.24, 2.45) is 5.73 Å². The quantitative estimate of drug-likeness (QED) is 0.341. The molecule has 11 nitrogen and oxygen atoms in total. The first kappa shape index (κ1) is 23.8. The van der Waals surface area contributed by atoms with Crippen LogP contribution >= 0.6 is 0 Å². The second-order valence-electron chi connectivity index (χ2n) is 7.66. The van der Waals surface area contributed by atoms with E-state index in [1.165, 1.54) is 36.4 Å². The van der Waals surface area contributed by atoms with Crippen molar-refractivity contribution in [3.8, 4) is 11.5 Å². The number of aliphatic hydroxyl groups excluding tert-OH is 2. The number of ether oxygens (including phenoxy) is 2. The molecule has 1 aliphatic rings. The molecule has 0 radical (unpaired) electrons. The second kappa shape index (κ2) is 9.76. The summed E-state index contributed by atoms with van der Waals surface area (Å²) in [4.78, 5) is 36.6. The summed E-state index contributed by atoms with van der Waals surface area (Å²) in [5.74, 6) is -2.22. The van der Waals surface area contributed by atoms with E-state index >= 15 is 0 Å². The third kappa shape index (κ3) is 5.33. The van der Waals surface area contributed by atoms with Gasteiger partial charge in [-0.2, -0.15) is 0 Å². The monoisotopic (exact) mass is 460 g/mol. The van der Waals surface area contributed by atoms with Crippen molar-refractivity contribution >= 4 is 18.0 Å². The summed E-state index contributed by atoms with van der Waals surface area (Å²) in [5, 5.41) is 43.5. The molecule has 2 aromatic carbocycles. The predicted molar refractivity (Wildman–Crippen MR) is 112 cm³/mol. The number of carbonyl (C=O) groups is 3. The van der Waals surface area contributed by atoms with Gasteiger partial charge in [0.05, 0.1) is 6.04 Å². The van der Waals surface area contributed by atoms with Crippen molar-refractivity contribution in [1.29, 1.82) is 0 Å². The number of aryl methyl sites for hydroxylation is 1. The topological polar surface area (TPSA) is 189 Å². The van der Waals surface area contributed by atoms with Crippen molar-refractivity contribution in [2.45, 2.75) is 43.8 Å². The Balaban J connectivity index is 1.85. The molecule has 3 rings (SSSR count). The molecular weight excluding hydrogens is 436 g/mol. The number of nitrogens with two attached hydrogens (primary N) is 1. The molecule has 33 heavy (non-hydrogen) atoms. The van der Waals surface area contributed by atoms with Crippen LogP contribution in [0.25, 0.3) is 0 Å². The van der Waals surface area contributed by atoms with Gasteiger partial charge in [0, 0.05) is 12.0 Å². The Hall–Kier alpha value is -3.83. The summed E-state index contributed by atoms with van der Waals surface area (Å²) >= 11 is 0. The third-order valence-electron chi connectivity index (χ3n) is 5.34. The van der Waals surface area contributed by atoms with Crippen LogP contribution in [0.15, 0.2) is 42.5 Å². The first-order valence-electron chi connectivity index (χ1n) is 10.00. The number of phenolic OH excluding ortho intramolecular Hbond substituents is 2. The lowest BCUT2D eigenvalue weighted by molar-refractivity contribution is -0.148. The van der Waals surface area contributed by atoms with Gasteiger partial charge in [-0.15, -0.1) is 0 Å². The number of phenols is 2. The molecule has 1 fully saturated rings. The number of hydrogen-bond donors (Lipinski definition) is 6. The average molecular weight is 460 g/mol. The Kier molecular flexibility index (Phi) is 7.04. The highest BCUT2D eigenvalue weighted by molar-refractivity contribution is 5.95.